The van der Waals surface area contributed by atoms with Crippen molar-refractivity contribution in [1.82, 2.24) is 10.5 Å². The number of aliphatic carboxylic acids is 1. The number of carboxylic acids is 1. The number of carbonyl (C=O) groups is 5. The van der Waals surface area contributed by atoms with Crippen LogP contribution in [0.3, 0.4) is 0 Å². The molecule has 0 aliphatic heterocycles. The SMILES string of the molecule is CNB(NC(=O)C(OC=O)(C(C)=O)C(=O)O)C(=O)O. The predicted molar refractivity (Wildman–Crippen MR) is 59.2 cm³/mol. The van der Waals surface area contributed by atoms with Gasteiger partial charge in [-0.25, -0.2) is 4.79 Å². The third-order valence-electron chi connectivity index (χ3n) is 2.15. The van der Waals surface area contributed by atoms with Crippen LogP contribution in [0, 0.1) is 0 Å². The molecule has 0 radical (unpaired) electrons. The van der Waals surface area contributed by atoms with Crippen molar-refractivity contribution in [2.45, 2.75) is 12.5 Å². The molecule has 0 aromatic carbocycles. The number of Topliss-reactive ketones (excluding diaryl/α,β-unsaturated/α-hetero) is 1. The van der Waals surface area contributed by atoms with Gasteiger partial charge in [0.25, 0.3) is 18.2 Å². The van der Waals surface area contributed by atoms with Crippen molar-refractivity contribution in [2.24, 2.45) is 0 Å². The molecule has 10 nitrogen and oxygen atoms in total. The summed E-state index contributed by atoms with van der Waals surface area (Å²) in [7, 11) is 1.18. The van der Waals surface area contributed by atoms with E-state index in [9.17, 15) is 24.0 Å². The Labute approximate surface area is 107 Å². The summed E-state index contributed by atoms with van der Waals surface area (Å²) < 4.78 is 4.08. The first-order valence-corrected chi connectivity index (χ1v) is 4.81. The average Bonchev–Trinajstić information content (AvgIpc) is 2.31. The fourth-order valence-electron chi connectivity index (χ4n) is 1.16. The summed E-state index contributed by atoms with van der Waals surface area (Å²) >= 11 is 0. The van der Waals surface area contributed by atoms with Gasteiger partial charge >= 0.3 is 18.6 Å². The highest BCUT2D eigenvalue weighted by Gasteiger charge is 2.55. The lowest BCUT2D eigenvalue weighted by atomic mass is 9.76. The van der Waals surface area contributed by atoms with E-state index in [2.05, 4.69) is 9.96 Å². The van der Waals surface area contributed by atoms with E-state index in [0.717, 1.165) is 0 Å². The normalized spacial score (nSPS) is 12.7. The number of ketones is 1. The summed E-state index contributed by atoms with van der Waals surface area (Å²) in [6.45, 7) is -1.32. The standard InChI is InChI=1S/C8H11BN2O8/c1-4(13)8(6(15)16,19-3-12)5(14)11-9(10-2)7(17)18/h3,10H,1-2H3,(H,11,14)(H,15,16)(H,17,18). The summed E-state index contributed by atoms with van der Waals surface area (Å²) in [4.78, 5) is 54.9. The second-order valence-corrected chi connectivity index (χ2v) is 3.29. The van der Waals surface area contributed by atoms with Crippen molar-refractivity contribution in [1.29, 1.82) is 0 Å². The molecule has 0 aromatic rings. The molecule has 0 fully saturated rings. The maximum atomic E-state index is 11.7. The highest BCUT2D eigenvalue weighted by molar-refractivity contribution is 6.86. The second-order valence-electron chi connectivity index (χ2n) is 3.29. The minimum atomic E-state index is -3.12. The highest BCUT2D eigenvalue weighted by Crippen LogP contribution is 2.13. The van der Waals surface area contributed by atoms with E-state index in [0.29, 0.717) is 6.92 Å². The number of nitrogens with one attached hydrogen (secondary N) is 2. The fraction of sp³-hybridized carbons (Fsp3) is 0.375. The Kier molecular flexibility index (Phi) is 5.66. The lowest BCUT2D eigenvalue weighted by Gasteiger charge is -2.24. The molecular formula is C8H11BN2O8. The van der Waals surface area contributed by atoms with Crippen LogP contribution in [-0.4, -0.2) is 59.8 Å². The highest BCUT2D eigenvalue weighted by atomic mass is 16.6. The minimum Gasteiger partial charge on any atom is -0.486 e. The molecular weight excluding hydrogens is 263 g/mol. The topological polar surface area (TPSA) is 159 Å². The lowest BCUT2D eigenvalue weighted by Crippen LogP contribution is -2.65. The lowest BCUT2D eigenvalue weighted by molar-refractivity contribution is -0.178. The van der Waals surface area contributed by atoms with Crippen LogP contribution in [0.1, 0.15) is 6.92 Å². The molecule has 1 amide bonds. The van der Waals surface area contributed by atoms with Gasteiger partial charge in [-0.15, -0.1) is 0 Å². The summed E-state index contributed by atoms with van der Waals surface area (Å²) in [5.41, 5.74) is -3.12. The molecule has 0 rings (SSSR count). The van der Waals surface area contributed by atoms with Crippen molar-refractivity contribution in [2.75, 3.05) is 7.05 Å². The maximum absolute atomic E-state index is 11.7. The van der Waals surface area contributed by atoms with Crippen molar-refractivity contribution in [3.63, 3.8) is 0 Å². The van der Waals surface area contributed by atoms with Gasteiger partial charge in [-0.1, -0.05) is 0 Å². The number of rotatable bonds is 8. The van der Waals surface area contributed by atoms with Gasteiger partial charge in [-0.2, -0.15) is 0 Å². The third-order valence-corrected chi connectivity index (χ3v) is 2.15. The first kappa shape index (κ1) is 16.6. The monoisotopic (exact) mass is 274 g/mol. The molecule has 11 heteroatoms. The van der Waals surface area contributed by atoms with Crippen LogP contribution in [0.15, 0.2) is 0 Å². The van der Waals surface area contributed by atoms with E-state index < -0.39 is 36.1 Å². The molecule has 0 aromatic heterocycles. The molecule has 104 valence electrons. The Hall–Kier alpha value is -2.43. The van der Waals surface area contributed by atoms with E-state index in [1.807, 2.05) is 0 Å². The van der Waals surface area contributed by atoms with E-state index in [4.69, 9.17) is 10.2 Å². The molecule has 1 unspecified atom stereocenters. The Morgan fingerprint density at radius 1 is 1.26 bits per heavy atom. The maximum Gasteiger partial charge on any atom is 0.470 e. The molecule has 0 aliphatic carbocycles. The Morgan fingerprint density at radius 3 is 2.05 bits per heavy atom. The second kappa shape index (κ2) is 6.49. The van der Waals surface area contributed by atoms with Gasteiger partial charge in [0.2, 0.25) is 0 Å². The van der Waals surface area contributed by atoms with Crippen LogP contribution in [0.5, 0.6) is 0 Å². The number of carbonyl (C=O) groups excluding carboxylic acids is 3. The van der Waals surface area contributed by atoms with Gasteiger partial charge < -0.3 is 25.4 Å². The van der Waals surface area contributed by atoms with Crippen LogP contribution in [0.25, 0.3) is 0 Å². The van der Waals surface area contributed by atoms with Crippen molar-refractivity contribution in [3.8, 4) is 0 Å². The summed E-state index contributed by atoms with van der Waals surface area (Å²) in [5.74, 6) is -6.43. The van der Waals surface area contributed by atoms with E-state index in [-0.39, 0.29) is 6.47 Å². The number of hydrogen-bond donors (Lipinski definition) is 4. The van der Waals surface area contributed by atoms with Gasteiger partial charge in [0.15, 0.2) is 5.78 Å². The van der Waals surface area contributed by atoms with Gasteiger partial charge in [0.1, 0.15) is 0 Å². The largest absolute Gasteiger partial charge is 0.486 e. The summed E-state index contributed by atoms with van der Waals surface area (Å²) in [6.07, 6.45) is 0. The molecule has 0 heterocycles. The minimum absolute atomic E-state index is 0.385. The van der Waals surface area contributed by atoms with Crippen molar-refractivity contribution < 1.29 is 38.9 Å². The van der Waals surface area contributed by atoms with E-state index in [1.165, 1.54) is 7.05 Å². The number of ether oxygens (including phenoxy) is 1. The Morgan fingerprint density at radius 2 is 1.79 bits per heavy atom. The zero-order valence-electron chi connectivity index (χ0n) is 10.00. The molecule has 0 spiro atoms. The van der Waals surface area contributed by atoms with Crippen LogP contribution in [0.2, 0.25) is 0 Å². The van der Waals surface area contributed by atoms with Gasteiger partial charge in [-0.05, 0) is 14.0 Å². The molecule has 0 bridgehead atoms. The average molecular weight is 274 g/mol. The first-order chi connectivity index (χ1) is 8.73. The van der Waals surface area contributed by atoms with Gasteiger partial charge in [-0.3, -0.25) is 19.2 Å². The molecule has 0 saturated carbocycles. The van der Waals surface area contributed by atoms with Crippen LogP contribution in [0.4, 0.5) is 4.79 Å². The Balaban J connectivity index is 5.44. The quantitative estimate of drug-likeness (QED) is 0.216. The molecule has 19 heavy (non-hydrogen) atoms. The summed E-state index contributed by atoms with van der Waals surface area (Å²) in [6, 6.07) is 0. The van der Waals surface area contributed by atoms with Crippen molar-refractivity contribution in [3.05, 3.63) is 0 Å². The van der Waals surface area contributed by atoms with Crippen molar-refractivity contribution >= 4 is 37.0 Å². The third kappa shape index (κ3) is 3.28. The van der Waals surface area contributed by atoms with Crippen LogP contribution < -0.4 is 10.5 Å². The van der Waals surface area contributed by atoms with Gasteiger partial charge in [0, 0.05) is 0 Å². The smallest absolute Gasteiger partial charge is 0.470 e. The van der Waals surface area contributed by atoms with Gasteiger partial charge in [0.05, 0.1) is 0 Å². The van der Waals surface area contributed by atoms with E-state index >= 15 is 0 Å². The summed E-state index contributed by atoms with van der Waals surface area (Å²) in [5, 5.41) is 21.4. The molecule has 0 saturated heterocycles. The van der Waals surface area contributed by atoms with E-state index in [1.54, 1.807) is 5.23 Å². The Bertz CT molecular complexity index is 409. The zero-order chi connectivity index (χ0) is 15.2. The molecule has 4 N–H and O–H groups in total. The molecule has 0 aliphatic rings. The zero-order valence-corrected chi connectivity index (χ0v) is 10.00. The fourth-order valence-corrected chi connectivity index (χ4v) is 1.16. The predicted octanol–water partition coefficient (Wildman–Crippen LogP) is -2.34. The number of carboxylic acid groups (broad SMARTS) is 2. The number of hydrogen-bond acceptors (Lipinski definition) is 7. The number of amides is 1. The molecule has 1 atom stereocenters. The van der Waals surface area contributed by atoms with Crippen LogP contribution >= 0.6 is 0 Å². The van der Waals surface area contributed by atoms with Crippen LogP contribution in [-0.2, 0) is 23.9 Å². The first-order valence-electron chi connectivity index (χ1n) is 4.81.